The average molecular weight is 414 g/mol. The third-order valence-corrected chi connectivity index (χ3v) is 5.44. The van der Waals surface area contributed by atoms with Crippen LogP contribution in [0.1, 0.15) is 25.7 Å². The Morgan fingerprint density at radius 1 is 1.10 bits per heavy atom. The highest BCUT2D eigenvalue weighted by molar-refractivity contribution is 6.33. The normalized spacial score (nSPS) is 19.1. The van der Waals surface area contributed by atoms with Gasteiger partial charge in [-0.1, -0.05) is 11.6 Å². The van der Waals surface area contributed by atoms with E-state index in [-0.39, 0.29) is 5.69 Å². The molecule has 1 aliphatic rings. The largest absolute Gasteiger partial charge is 0.367 e. The van der Waals surface area contributed by atoms with Crippen molar-refractivity contribution < 1.29 is 4.92 Å². The number of aromatic nitrogens is 4. The number of rotatable bonds is 6. The molecular formula is C19H20ClN7O2. The third-order valence-electron chi connectivity index (χ3n) is 5.16. The molecule has 0 atom stereocenters. The van der Waals surface area contributed by atoms with E-state index in [1.165, 1.54) is 12.4 Å². The van der Waals surface area contributed by atoms with Crippen LogP contribution in [-0.2, 0) is 0 Å². The summed E-state index contributed by atoms with van der Waals surface area (Å²) in [6.07, 6.45) is 8.31. The first-order valence-electron chi connectivity index (χ1n) is 9.46. The Morgan fingerprint density at radius 3 is 2.59 bits per heavy atom. The van der Waals surface area contributed by atoms with Crippen molar-refractivity contribution in [3.8, 4) is 0 Å². The highest BCUT2D eigenvalue weighted by Crippen LogP contribution is 2.27. The molecule has 10 heteroatoms. The first-order valence-corrected chi connectivity index (χ1v) is 9.84. The van der Waals surface area contributed by atoms with Gasteiger partial charge in [0.25, 0.3) is 0 Å². The topological polar surface area (TPSA) is 119 Å². The number of nitrogens with one attached hydrogen (secondary N) is 2. The maximum atomic E-state index is 10.6. The summed E-state index contributed by atoms with van der Waals surface area (Å²) in [5.74, 6) is 1.74. The number of anilines is 2. The van der Waals surface area contributed by atoms with Gasteiger partial charge >= 0.3 is 5.69 Å². The summed E-state index contributed by atoms with van der Waals surface area (Å²) in [7, 11) is 0. The third kappa shape index (κ3) is 4.68. The Kier molecular flexibility index (Phi) is 5.66. The minimum absolute atomic E-state index is 0.110. The van der Waals surface area contributed by atoms with E-state index in [0.29, 0.717) is 28.6 Å². The van der Waals surface area contributed by atoms with Gasteiger partial charge in [-0.2, -0.15) is 0 Å². The van der Waals surface area contributed by atoms with Crippen molar-refractivity contribution in [2.45, 2.75) is 31.7 Å². The van der Waals surface area contributed by atoms with Crippen LogP contribution in [0.2, 0.25) is 5.15 Å². The summed E-state index contributed by atoms with van der Waals surface area (Å²) < 4.78 is 0. The van der Waals surface area contributed by atoms with Crippen molar-refractivity contribution in [3.63, 3.8) is 0 Å². The van der Waals surface area contributed by atoms with E-state index in [0.717, 1.165) is 43.4 Å². The lowest BCUT2D eigenvalue weighted by molar-refractivity contribution is -0.385. The monoisotopic (exact) mass is 413 g/mol. The minimum Gasteiger partial charge on any atom is -0.367 e. The second-order valence-corrected chi connectivity index (χ2v) is 7.49. The molecule has 9 nitrogen and oxygen atoms in total. The van der Waals surface area contributed by atoms with Crippen molar-refractivity contribution in [1.29, 1.82) is 0 Å². The molecule has 0 radical (unpaired) electrons. The van der Waals surface area contributed by atoms with Crippen LogP contribution >= 0.6 is 11.6 Å². The number of nitrogens with zero attached hydrogens (tertiary/aromatic N) is 5. The van der Waals surface area contributed by atoms with Crippen molar-refractivity contribution in [1.82, 2.24) is 19.9 Å². The lowest BCUT2D eigenvalue weighted by atomic mass is 9.86. The lowest BCUT2D eigenvalue weighted by Gasteiger charge is -2.29. The van der Waals surface area contributed by atoms with E-state index in [9.17, 15) is 10.1 Å². The highest BCUT2D eigenvalue weighted by Gasteiger charge is 2.21. The van der Waals surface area contributed by atoms with E-state index in [2.05, 4.69) is 30.6 Å². The zero-order valence-electron chi connectivity index (χ0n) is 15.6. The van der Waals surface area contributed by atoms with Crippen molar-refractivity contribution in [3.05, 3.63) is 52.1 Å². The summed E-state index contributed by atoms with van der Waals surface area (Å²) in [5.41, 5.74) is 0.599. The number of halogens is 1. The van der Waals surface area contributed by atoms with Gasteiger partial charge < -0.3 is 10.6 Å². The average Bonchev–Trinajstić information content (AvgIpc) is 2.74. The standard InChI is InChI=1S/C19H20ClN7O2/c20-18-17-13(7-8-21-18)3-6-16(26-17)25-14-4-1-12(2-5-14)9-22-19-23-10-15(11-24-19)27(28)29/h3,6-8,10-12,14H,1-2,4-5,9H2,(H,25,26)(H,22,23,24)/t12-,14-. The number of fused-ring (bicyclic) bond motifs is 1. The van der Waals surface area contributed by atoms with Crippen LogP contribution in [0.4, 0.5) is 17.5 Å². The molecule has 3 aromatic rings. The van der Waals surface area contributed by atoms with Crippen molar-refractivity contribution in [2.75, 3.05) is 17.2 Å². The maximum Gasteiger partial charge on any atom is 0.305 e. The Balaban J connectivity index is 1.27. The molecule has 0 saturated heterocycles. The zero-order chi connectivity index (χ0) is 20.2. The van der Waals surface area contributed by atoms with Crippen LogP contribution in [-0.4, -0.2) is 37.4 Å². The van der Waals surface area contributed by atoms with Crippen LogP contribution in [0, 0.1) is 16.0 Å². The molecule has 3 aromatic heterocycles. The fraction of sp³-hybridized carbons (Fsp3) is 0.368. The predicted molar refractivity (Wildman–Crippen MR) is 111 cm³/mol. The van der Waals surface area contributed by atoms with Crippen LogP contribution in [0.5, 0.6) is 0 Å². The number of nitro groups is 1. The van der Waals surface area contributed by atoms with E-state index < -0.39 is 4.92 Å². The summed E-state index contributed by atoms with van der Waals surface area (Å²) in [4.78, 5) is 26.8. The number of hydrogen-bond donors (Lipinski definition) is 2. The van der Waals surface area contributed by atoms with Crippen LogP contribution in [0.25, 0.3) is 10.9 Å². The van der Waals surface area contributed by atoms with Gasteiger partial charge in [0.2, 0.25) is 5.95 Å². The predicted octanol–water partition coefficient (Wildman–Crippen LogP) is 4.06. The van der Waals surface area contributed by atoms with Gasteiger partial charge in [0.15, 0.2) is 5.15 Å². The molecule has 3 heterocycles. The molecule has 0 aliphatic heterocycles. The Labute approximate surface area is 172 Å². The molecule has 4 rings (SSSR count). The fourth-order valence-electron chi connectivity index (χ4n) is 3.56. The van der Waals surface area contributed by atoms with Gasteiger partial charge in [0.05, 0.1) is 4.92 Å². The minimum atomic E-state index is -0.507. The van der Waals surface area contributed by atoms with E-state index in [1.807, 2.05) is 18.2 Å². The molecule has 2 N–H and O–H groups in total. The van der Waals surface area contributed by atoms with E-state index >= 15 is 0 Å². The first-order chi connectivity index (χ1) is 14.1. The SMILES string of the molecule is O=[N+]([O-])c1cnc(NC[C@H]2CC[C@H](Nc3ccc4ccnc(Cl)c4n3)CC2)nc1. The van der Waals surface area contributed by atoms with E-state index in [1.54, 1.807) is 6.20 Å². The molecule has 29 heavy (non-hydrogen) atoms. The van der Waals surface area contributed by atoms with Crippen molar-refractivity contribution in [2.24, 2.45) is 5.92 Å². The molecule has 0 unspecified atom stereocenters. The summed E-state index contributed by atoms with van der Waals surface area (Å²) in [6, 6.07) is 6.23. The molecule has 1 saturated carbocycles. The van der Waals surface area contributed by atoms with Crippen LogP contribution in [0.15, 0.2) is 36.8 Å². The van der Waals surface area contributed by atoms with E-state index in [4.69, 9.17) is 11.6 Å². The van der Waals surface area contributed by atoms with Gasteiger partial charge in [-0.25, -0.2) is 19.9 Å². The van der Waals surface area contributed by atoms with Gasteiger partial charge in [-0.3, -0.25) is 10.1 Å². The Morgan fingerprint density at radius 2 is 1.86 bits per heavy atom. The zero-order valence-corrected chi connectivity index (χ0v) is 16.3. The number of hydrogen-bond acceptors (Lipinski definition) is 8. The molecular weight excluding hydrogens is 394 g/mol. The van der Waals surface area contributed by atoms with Crippen LogP contribution < -0.4 is 10.6 Å². The molecule has 1 fully saturated rings. The Hall–Kier alpha value is -3.07. The van der Waals surface area contributed by atoms with Gasteiger partial charge in [-0.15, -0.1) is 0 Å². The molecule has 1 aliphatic carbocycles. The molecule has 0 aromatic carbocycles. The second-order valence-electron chi connectivity index (χ2n) is 7.13. The smallest absolute Gasteiger partial charge is 0.305 e. The maximum absolute atomic E-state index is 10.6. The summed E-state index contributed by atoms with van der Waals surface area (Å²) >= 11 is 6.15. The molecule has 0 bridgehead atoms. The van der Waals surface area contributed by atoms with Gasteiger partial charge in [0, 0.05) is 24.2 Å². The van der Waals surface area contributed by atoms with Gasteiger partial charge in [-0.05, 0) is 49.8 Å². The quantitative estimate of drug-likeness (QED) is 0.352. The Bertz CT molecular complexity index is 1010. The molecule has 150 valence electrons. The lowest BCUT2D eigenvalue weighted by Crippen LogP contribution is -2.29. The molecule has 0 amide bonds. The highest BCUT2D eigenvalue weighted by atomic mass is 35.5. The second kappa shape index (κ2) is 8.52. The van der Waals surface area contributed by atoms with Crippen LogP contribution in [0.3, 0.4) is 0 Å². The van der Waals surface area contributed by atoms with Gasteiger partial charge in [0.1, 0.15) is 23.7 Å². The first kappa shape index (κ1) is 19.3. The summed E-state index contributed by atoms with van der Waals surface area (Å²) in [5, 5.41) is 18.7. The molecule has 0 spiro atoms. The summed E-state index contributed by atoms with van der Waals surface area (Å²) in [6.45, 7) is 0.750. The fourth-order valence-corrected chi connectivity index (χ4v) is 3.76. The number of pyridine rings is 2. The van der Waals surface area contributed by atoms with Crippen molar-refractivity contribution >= 4 is 40.0 Å².